The van der Waals surface area contributed by atoms with Crippen LogP contribution in [0.25, 0.3) is 16.6 Å². The Hall–Kier alpha value is -3.06. The number of carbonyl (C=O) groups is 1. The Kier molecular flexibility index (Phi) is 5.40. The Morgan fingerprint density at radius 2 is 1.91 bits per heavy atom. The maximum Gasteiger partial charge on any atom is 0.410 e. The summed E-state index contributed by atoms with van der Waals surface area (Å²) in [7, 11) is 0. The van der Waals surface area contributed by atoms with Crippen molar-refractivity contribution in [3.8, 4) is 5.69 Å². The number of benzene rings is 2. The van der Waals surface area contributed by atoms with Crippen LogP contribution in [0.3, 0.4) is 0 Å². The molecule has 0 unspecified atom stereocenters. The fourth-order valence-electron chi connectivity index (χ4n) is 5.26. The van der Waals surface area contributed by atoms with E-state index in [0.717, 1.165) is 22.5 Å². The number of rotatable bonds is 1. The van der Waals surface area contributed by atoms with E-state index in [1.807, 2.05) is 32.9 Å². The third-order valence-corrected chi connectivity index (χ3v) is 7.25. The summed E-state index contributed by atoms with van der Waals surface area (Å²) in [6, 6.07) is 12.1. The van der Waals surface area contributed by atoms with Crippen molar-refractivity contribution in [2.45, 2.75) is 58.6 Å². The quantitative estimate of drug-likeness (QED) is 0.469. The third-order valence-electron chi connectivity index (χ3n) is 6.93. The average Bonchev–Trinajstić information content (AvgIpc) is 2.99. The van der Waals surface area contributed by atoms with Crippen LogP contribution in [0.15, 0.2) is 41.2 Å². The van der Waals surface area contributed by atoms with Gasteiger partial charge in [-0.1, -0.05) is 23.7 Å². The zero-order valence-electron chi connectivity index (χ0n) is 21.1. The molecule has 8 heteroatoms. The molecule has 0 N–H and O–H groups in total. The van der Waals surface area contributed by atoms with E-state index in [4.69, 9.17) is 16.3 Å². The molecule has 1 aromatic heterocycles. The second kappa shape index (κ2) is 7.98. The van der Waals surface area contributed by atoms with Crippen LogP contribution in [0.1, 0.15) is 52.9 Å². The molecule has 7 nitrogen and oxygen atoms in total. The van der Waals surface area contributed by atoms with Gasteiger partial charge in [0.05, 0.1) is 27.0 Å². The number of ether oxygens (including phenoxy) is 1. The highest BCUT2D eigenvalue weighted by Crippen LogP contribution is 2.44. The molecule has 1 fully saturated rings. The Bertz CT molecular complexity index is 1410. The lowest BCUT2D eigenvalue weighted by molar-refractivity contribution is 0.0219. The Morgan fingerprint density at radius 3 is 2.60 bits per heavy atom. The third kappa shape index (κ3) is 3.86. The highest BCUT2D eigenvalue weighted by atomic mass is 35.5. The first-order valence-electron chi connectivity index (χ1n) is 12.0. The summed E-state index contributed by atoms with van der Waals surface area (Å²) in [5.74, 6) is 0.715. The first-order valence-corrected chi connectivity index (χ1v) is 12.4. The van der Waals surface area contributed by atoms with Crippen LogP contribution in [0, 0.1) is 0 Å². The number of piperazine rings is 1. The summed E-state index contributed by atoms with van der Waals surface area (Å²) in [4.78, 5) is 34.0. The number of aromatic nitrogens is 2. The van der Waals surface area contributed by atoms with Crippen molar-refractivity contribution in [2.75, 3.05) is 24.5 Å². The minimum absolute atomic E-state index is 0.113. The van der Waals surface area contributed by atoms with E-state index in [9.17, 15) is 9.59 Å². The summed E-state index contributed by atoms with van der Waals surface area (Å²) in [6.07, 6.45) is -0.271. The van der Waals surface area contributed by atoms with E-state index in [0.29, 0.717) is 35.9 Å². The summed E-state index contributed by atoms with van der Waals surface area (Å²) in [5, 5.41) is 0.843. The van der Waals surface area contributed by atoms with Gasteiger partial charge in [0, 0.05) is 31.4 Å². The van der Waals surface area contributed by atoms with Gasteiger partial charge in [0.2, 0.25) is 0 Å². The van der Waals surface area contributed by atoms with Gasteiger partial charge in [-0.05, 0) is 71.4 Å². The summed E-state index contributed by atoms with van der Waals surface area (Å²) in [6.45, 7) is 13.8. The van der Waals surface area contributed by atoms with Gasteiger partial charge in [-0.2, -0.15) is 4.98 Å². The van der Waals surface area contributed by atoms with Crippen molar-refractivity contribution in [3.63, 3.8) is 0 Å². The molecular formula is C27H31ClN4O3. The van der Waals surface area contributed by atoms with Crippen molar-refractivity contribution in [1.29, 1.82) is 0 Å². The fourth-order valence-corrected chi connectivity index (χ4v) is 5.51. The number of fused-ring (bicyclic) bond motifs is 5. The fraction of sp³-hybridized carbons (Fsp3) is 0.444. The van der Waals surface area contributed by atoms with Crippen molar-refractivity contribution >= 4 is 34.3 Å². The zero-order valence-corrected chi connectivity index (χ0v) is 21.8. The molecule has 3 heterocycles. The van der Waals surface area contributed by atoms with Gasteiger partial charge in [-0.25, -0.2) is 4.79 Å². The van der Waals surface area contributed by atoms with E-state index in [1.54, 1.807) is 11.0 Å². The van der Waals surface area contributed by atoms with Crippen LogP contribution in [0.2, 0.25) is 5.02 Å². The Morgan fingerprint density at radius 1 is 1.17 bits per heavy atom. The van der Waals surface area contributed by atoms with E-state index < -0.39 is 11.0 Å². The lowest BCUT2D eigenvalue weighted by atomic mass is 9.85. The van der Waals surface area contributed by atoms with Gasteiger partial charge >= 0.3 is 6.09 Å². The molecule has 1 saturated heterocycles. The molecule has 3 aromatic rings. The Labute approximate surface area is 210 Å². The topological polar surface area (TPSA) is 67.7 Å². The number of amides is 1. The monoisotopic (exact) mass is 494 g/mol. The molecule has 0 spiro atoms. The molecule has 1 atom stereocenters. The highest BCUT2D eigenvalue weighted by molar-refractivity contribution is 6.35. The average molecular weight is 495 g/mol. The van der Waals surface area contributed by atoms with E-state index in [2.05, 4.69) is 53.4 Å². The lowest BCUT2D eigenvalue weighted by Crippen LogP contribution is -2.54. The van der Waals surface area contributed by atoms with Gasteiger partial charge < -0.3 is 14.5 Å². The van der Waals surface area contributed by atoms with Crippen molar-refractivity contribution in [1.82, 2.24) is 14.5 Å². The van der Waals surface area contributed by atoms with Crippen LogP contribution in [-0.2, 0) is 10.2 Å². The number of hydrogen-bond donors (Lipinski definition) is 0. The molecule has 0 radical (unpaired) electrons. The van der Waals surface area contributed by atoms with Crippen LogP contribution in [-0.4, -0.2) is 51.8 Å². The van der Waals surface area contributed by atoms with E-state index in [-0.39, 0.29) is 17.7 Å². The van der Waals surface area contributed by atoms with Crippen molar-refractivity contribution in [2.24, 2.45) is 0 Å². The normalized spacial score (nSPS) is 19.0. The number of hydrogen-bond acceptors (Lipinski definition) is 5. The molecular weight excluding hydrogens is 464 g/mol. The summed E-state index contributed by atoms with van der Waals surface area (Å²) >= 11 is 6.41. The maximum absolute atomic E-state index is 12.9. The molecule has 35 heavy (non-hydrogen) atoms. The lowest BCUT2D eigenvalue weighted by Gasteiger charge is -2.41. The molecule has 2 aliphatic rings. The second-order valence-electron chi connectivity index (χ2n) is 11.0. The number of halogens is 1. The predicted molar refractivity (Wildman–Crippen MR) is 139 cm³/mol. The second-order valence-corrected chi connectivity index (χ2v) is 11.4. The number of nitrogens with zero attached hydrogens (tertiary/aromatic N) is 4. The van der Waals surface area contributed by atoms with E-state index >= 15 is 0 Å². The van der Waals surface area contributed by atoms with Gasteiger partial charge in [0.25, 0.3) is 5.56 Å². The van der Waals surface area contributed by atoms with Crippen LogP contribution >= 0.6 is 11.6 Å². The van der Waals surface area contributed by atoms with Crippen LogP contribution < -0.4 is 10.5 Å². The summed E-state index contributed by atoms with van der Waals surface area (Å²) < 4.78 is 7.64. The molecule has 2 aromatic carbocycles. The maximum atomic E-state index is 12.9. The molecule has 5 rings (SSSR count). The van der Waals surface area contributed by atoms with E-state index in [1.165, 1.54) is 0 Å². The molecule has 0 bridgehead atoms. The number of anilines is 1. The minimum Gasteiger partial charge on any atom is -0.444 e. The molecule has 0 aliphatic carbocycles. The van der Waals surface area contributed by atoms with Gasteiger partial charge in [-0.15, -0.1) is 0 Å². The molecule has 0 saturated carbocycles. The highest BCUT2D eigenvalue weighted by Gasteiger charge is 2.39. The molecule has 1 amide bonds. The first kappa shape index (κ1) is 23.7. The predicted octanol–water partition coefficient (Wildman–Crippen LogP) is 5.12. The molecule has 2 aliphatic heterocycles. The van der Waals surface area contributed by atoms with Crippen molar-refractivity contribution < 1.29 is 9.53 Å². The number of carbonyl (C=O) groups excluding carboxylic acids is 1. The zero-order chi connectivity index (χ0) is 25.3. The SMILES string of the molecule is C[C@@H]1CN(C(=O)OC(C)(C)C)CCN1c1ccc2c(c1)-n1c(nc(=O)c3c(Cl)cccc31)C2(C)C. The van der Waals surface area contributed by atoms with Gasteiger partial charge in [-0.3, -0.25) is 9.36 Å². The van der Waals surface area contributed by atoms with Gasteiger partial charge in [0.15, 0.2) is 0 Å². The molecule has 184 valence electrons. The largest absolute Gasteiger partial charge is 0.444 e. The van der Waals surface area contributed by atoms with Crippen molar-refractivity contribution in [3.05, 3.63) is 63.2 Å². The first-order chi connectivity index (χ1) is 16.4. The Balaban J connectivity index is 1.53. The van der Waals surface area contributed by atoms with Gasteiger partial charge in [0.1, 0.15) is 11.4 Å². The minimum atomic E-state index is -0.515. The smallest absolute Gasteiger partial charge is 0.410 e. The van der Waals surface area contributed by atoms with Crippen LogP contribution in [0.4, 0.5) is 10.5 Å². The summed E-state index contributed by atoms with van der Waals surface area (Å²) in [5.41, 5.74) is 2.70. The van der Waals surface area contributed by atoms with Crippen LogP contribution in [0.5, 0.6) is 0 Å². The standard InChI is InChI=1S/C27H31ClN4O3/c1-16-15-30(25(34)35-26(2,3)4)12-13-31(16)17-10-11-18-21(14-17)32-20-9-7-8-19(28)22(20)23(33)29-24(32)27(18,5)6/h7-11,14,16H,12-13,15H2,1-6H3/t16-/m1/s1.